The Labute approximate surface area is 207 Å². The van der Waals surface area contributed by atoms with Gasteiger partial charge >= 0.3 is 5.97 Å². The van der Waals surface area contributed by atoms with Gasteiger partial charge in [0.1, 0.15) is 12.1 Å². The van der Waals surface area contributed by atoms with E-state index in [9.17, 15) is 29.4 Å². The minimum absolute atomic E-state index is 0.0682. The molecule has 1 rings (SSSR count). The van der Waals surface area contributed by atoms with E-state index in [1.165, 1.54) is 19.4 Å². The van der Waals surface area contributed by atoms with Gasteiger partial charge in [-0.25, -0.2) is 9.78 Å². The molecule has 0 radical (unpaired) electrons. The van der Waals surface area contributed by atoms with Gasteiger partial charge in [-0.1, -0.05) is 0 Å². The molecule has 0 bridgehead atoms. The van der Waals surface area contributed by atoms with Crippen molar-refractivity contribution in [3.05, 3.63) is 18.2 Å². The van der Waals surface area contributed by atoms with Crippen molar-refractivity contribution in [1.29, 1.82) is 0 Å². The van der Waals surface area contributed by atoms with E-state index in [1.807, 2.05) is 0 Å². The fourth-order valence-electron chi connectivity index (χ4n) is 2.86. The molecule has 15 nitrogen and oxygen atoms in total. The van der Waals surface area contributed by atoms with Gasteiger partial charge in [0.2, 0.25) is 17.7 Å². The Hall–Kier alpha value is -3.37. The number of imidazole rings is 1. The van der Waals surface area contributed by atoms with Gasteiger partial charge in [0.25, 0.3) is 0 Å². The number of rotatable bonds is 15. The number of nitrogens with two attached hydrogens (primary N) is 3. The SMILES string of the molecule is CC(O)C(NC(=O)C(Cc1cnc[nH]1)NC(=O)C(CS)NC(=O)C(N)CCCN=C(N)N)C(=O)O. The third-order valence-corrected chi connectivity index (χ3v) is 5.14. The second-order valence-corrected chi connectivity index (χ2v) is 8.07. The minimum atomic E-state index is -1.60. The van der Waals surface area contributed by atoms with E-state index in [0.29, 0.717) is 12.1 Å². The van der Waals surface area contributed by atoms with Crippen molar-refractivity contribution >= 4 is 42.3 Å². The molecule has 1 heterocycles. The van der Waals surface area contributed by atoms with Gasteiger partial charge < -0.3 is 48.3 Å². The highest BCUT2D eigenvalue weighted by Gasteiger charge is 2.32. The number of amides is 3. The minimum Gasteiger partial charge on any atom is -0.480 e. The van der Waals surface area contributed by atoms with Gasteiger partial charge in [0.05, 0.1) is 18.5 Å². The standard InChI is InChI=1S/C19H33N9O6S/c1-9(29)14(18(33)34)28-16(31)12(5-10-6-23-8-25-10)26-17(32)13(7-35)27-15(30)11(20)3-2-4-24-19(21)22/h6,8-9,11-14,29,35H,2-5,7,20H2,1H3,(H,23,25)(H,26,32)(H,27,30)(H,28,31)(H,33,34)(H4,21,22,24). The molecule has 12 N–H and O–H groups in total. The molecule has 0 spiro atoms. The Kier molecular flexibility index (Phi) is 12.5. The number of carboxylic acid groups (broad SMARTS) is 1. The molecule has 5 unspecified atom stereocenters. The highest BCUT2D eigenvalue weighted by molar-refractivity contribution is 7.80. The number of carbonyl (C=O) groups excluding carboxylic acids is 3. The van der Waals surface area contributed by atoms with Gasteiger partial charge in [-0.05, 0) is 19.8 Å². The Bertz CT molecular complexity index is 876. The molecule has 1 aromatic rings. The molecule has 0 saturated heterocycles. The topological polar surface area (TPSA) is 264 Å². The molecule has 5 atom stereocenters. The van der Waals surface area contributed by atoms with Crippen molar-refractivity contribution in [1.82, 2.24) is 25.9 Å². The number of aromatic nitrogens is 2. The van der Waals surface area contributed by atoms with Crippen molar-refractivity contribution in [3.63, 3.8) is 0 Å². The van der Waals surface area contributed by atoms with E-state index in [4.69, 9.17) is 17.2 Å². The van der Waals surface area contributed by atoms with Crippen molar-refractivity contribution < 1.29 is 29.4 Å². The number of nitrogens with zero attached hydrogens (tertiary/aromatic N) is 2. The average molecular weight is 516 g/mol. The lowest BCUT2D eigenvalue weighted by molar-refractivity contribution is -0.145. The van der Waals surface area contributed by atoms with Gasteiger partial charge in [0.15, 0.2) is 12.0 Å². The number of H-pyrrole nitrogens is 1. The van der Waals surface area contributed by atoms with Crippen molar-refractivity contribution in [2.75, 3.05) is 12.3 Å². The first-order valence-corrected chi connectivity index (χ1v) is 11.3. The summed E-state index contributed by atoms with van der Waals surface area (Å²) < 4.78 is 0. The molecule has 3 amide bonds. The average Bonchev–Trinajstić information content (AvgIpc) is 3.30. The third-order valence-electron chi connectivity index (χ3n) is 4.78. The Balaban J connectivity index is 2.85. The fraction of sp³-hybridized carbons (Fsp3) is 0.579. The molecular weight excluding hydrogens is 482 g/mol. The molecule has 196 valence electrons. The van der Waals surface area contributed by atoms with Gasteiger partial charge in [-0.15, -0.1) is 0 Å². The van der Waals surface area contributed by atoms with E-state index in [1.54, 1.807) is 0 Å². The number of carboxylic acids is 1. The van der Waals surface area contributed by atoms with E-state index in [0.717, 1.165) is 0 Å². The Morgan fingerprint density at radius 3 is 2.29 bits per heavy atom. The summed E-state index contributed by atoms with van der Waals surface area (Å²) in [4.78, 5) is 59.8. The van der Waals surface area contributed by atoms with Crippen LogP contribution in [0, 0.1) is 0 Å². The lowest BCUT2D eigenvalue weighted by Crippen LogP contribution is -2.59. The molecule has 0 fully saturated rings. The Morgan fingerprint density at radius 2 is 1.77 bits per heavy atom. The van der Waals surface area contributed by atoms with Crippen LogP contribution in [0.1, 0.15) is 25.5 Å². The number of thiol groups is 1. The fourth-order valence-corrected chi connectivity index (χ4v) is 3.12. The van der Waals surface area contributed by atoms with E-state index < -0.39 is 54.0 Å². The van der Waals surface area contributed by atoms with Crippen LogP contribution in [0.25, 0.3) is 0 Å². The molecule has 0 aromatic carbocycles. The van der Waals surface area contributed by atoms with E-state index in [-0.39, 0.29) is 31.1 Å². The highest BCUT2D eigenvalue weighted by atomic mass is 32.1. The smallest absolute Gasteiger partial charge is 0.328 e. The molecular formula is C19H33N9O6S. The monoisotopic (exact) mass is 515 g/mol. The molecule has 0 aliphatic rings. The second kappa shape index (κ2) is 14.8. The highest BCUT2D eigenvalue weighted by Crippen LogP contribution is 2.04. The zero-order valence-electron chi connectivity index (χ0n) is 19.2. The maximum Gasteiger partial charge on any atom is 0.328 e. The maximum absolute atomic E-state index is 12.8. The molecule has 0 aliphatic heterocycles. The van der Waals surface area contributed by atoms with Crippen LogP contribution in [-0.2, 0) is 25.6 Å². The van der Waals surface area contributed by atoms with E-state index >= 15 is 0 Å². The second-order valence-electron chi connectivity index (χ2n) is 7.71. The van der Waals surface area contributed by atoms with Gasteiger partial charge in [0, 0.05) is 30.6 Å². The number of carbonyl (C=O) groups is 4. The van der Waals surface area contributed by atoms with Crippen LogP contribution in [0.2, 0.25) is 0 Å². The molecule has 0 aliphatic carbocycles. The molecule has 1 aromatic heterocycles. The first kappa shape index (κ1) is 29.7. The zero-order valence-corrected chi connectivity index (χ0v) is 20.1. The summed E-state index contributed by atoms with van der Waals surface area (Å²) in [6.45, 7) is 1.49. The summed E-state index contributed by atoms with van der Waals surface area (Å²) in [6.07, 6.45) is 2.02. The molecule has 0 saturated carbocycles. The van der Waals surface area contributed by atoms with E-state index in [2.05, 4.69) is 43.5 Å². The van der Waals surface area contributed by atoms with Crippen LogP contribution < -0.4 is 33.2 Å². The predicted octanol–water partition coefficient (Wildman–Crippen LogP) is -3.82. The number of aliphatic hydroxyl groups is 1. The first-order valence-electron chi connectivity index (χ1n) is 10.7. The zero-order chi connectivity index (χ0) is 26.5. The number of guanidine groups is 1. The quantitative estimate of drug-likeness (QED) is 0.0470. The number of nitrogens with one attached hydrogen (secondary N) is 4. The first-order chi connectivity index (χ1) is 16.5. The van der Waals surface area contributed by atoms with Crippen LogP contribution in [0.3, 0.4) is 0 Å². The van der Waals surface area contributed by atoms with Crippen LogP contribution in [0.5, 0.6) is 0 Å². The van der Waals surface area contributed by atoms with Crippen LogP contribution in [0.4, 0.5) is 0 Å². The summed E-state index contributed by atoms with van der Waals surface area (Å²) >= 11 is 4.09. The largest absolute Gasteiger partial charge is 0.480 e. The summed E-state index contributed by atoms with van der Waals surface area (Å²) in [7, 11) is 0. The lowest BCUT2D eigenvalue weighted by Gasteiger charge is -2.25. The number of aliphatic imine (C=N–C) groups is 1. The maximum atomic E-state index is 12.8. The molecule has 35 heavy (non-hydrogen) atoms. The summed E-state index contributed by atoms with van der Waals surface area (Å²) in [6, 6.07) is -4.93. The normalized spacial score (nSPS) is 15.1. The number of aromatic amines is 1. The van der Waals surface area contributed by atoms with Crippen molar-refractivity contribution in [2.24, 2.45) is 22.2 Å². The summed E-state index contributed by atoms with van der Waals surface area (Å²) in [5.41, 5.74) is 16.8. The van der Waals surface area contributed by atoms with Gasteiger partial charge in [-0.2, -0.15) is 12.6 Å². The summed E-state index contributed by atoms with van der Waals surface area (Å²) in [5, 5.41) is 26.0. The summed E-state index contributed by atoms with van der Waals surface area (Å²) in [5.74, 6) is -3.85. The number of hydrogen-bond donors (Lipinski definition) is 10. The van der Waals surface area contributed by atoms with Gasteiger partial charge in [-0.3, -0.25) is 19.4 Å². The third kappa shape index (κ3) is 10.6. The van der Waals surface area contributed by atoms with Crippen LogP contribution in [0.15, 0.2) is 17.5 Å². The van der Waals surface area contributed by atoms with Crippen molar-refractivity contribution in [3.8, 4) is 0 Å². The number of hydrogen-bond acceptors (Lipinski definition) is 9. The number of aliphatic hydroxyl groups excluding tert-OH is 1. The number of aliphatic carboxylic acids is 1. The Morgan fingerprint density at radius 1 is 1.14 bits per heavy atom. The molecule has 16 heteroatoms. The van der Waals surface area contributed by atoms with Crippen LogP contribution >= 0.6 is 12.6 Å². The lowest BCUT2D eigenvalue weighted by atomic mass is 10.1. The van der Waals surface area contributed by atoms with Crippen LogP contribution in [-0.4, -0.2) is 92.4 Å². The predicted molar refractivity (Wildman–Crippen MR) is 129 cm³/mol. The van der Waals surface area contributed by atoms with Crippen molar-refractivity contribution in [2.45, 2.75) is 56.5 Å².